The van der Waals surface area contributed by atoms with Crippen molar-refractivity contribution < 1.29 is 9.90 Å². The van der Waals surface area contributed by atoms with Gasteiger partial charge >= 0.3 is 5.97 Å². The van der Waals surface area contributed by atoms with Gasteiger partial charge in [0, 0.05) is 56.7 Å². The number of hydrogen-bond acceptors (Lipinski definition) is 6. The zero-order valence-electron chi connectivity index (χ0n) is 16.9. The standard InChI is InChI=1S/C20H28N8O2/c1-16(28(15-19(29)30)18-5-3-2-4-6-18)13-27-14-17(23-24-27)7-8-25-9-11-26(12-10-25)20(21)22/h2-6,14H,1,7-13,15H2,(H3,21,22)(H,29,30). The van der Waals surface area contributed by atoms with Crippen LogP contribution in [0.15, 0.2) is 48.8 Å². The Balaban J connectivity index is 1.53. The number of nitrogens with two attached hydrogens (primary N) is 1. The first-order chi connectivity index (χ1) is 14.4. The van der Waals surface area contributed by atoms with E-state index in [0.717, 1.165) is 50.5 Å². The average Bonchev–Trinajstić information content (AvgIpc) is 3.18. The predicted molar refractivity (Wildman–Crippen MR) is 114 cm³/mol. The number of anilines is 1. The summed E-state index contributed by atoms with van der Waals surface area (Å²) in [4.78, 5) is 17.1. The number of rotatable bonds is 9. The first-order valence-corrected chi connectivity index (χ1v) is 9.85. The number of piperazine rings is 1. The summed E-state index contributed by atoms with van der Waals surface area (Å²) in [6, 6.07) is 9.32. The number of aromatic nitrogens is 3. The summed E-state index contributed by atoms with van der Waals surface area (Å²) >= 11 is 0. The van der Waals surface area contributed by atoms with Gasteiger partial charge in [-0.05, 0) is 12.1 Å². The molecule has 1 saturated heterocycles. The van der Waals surface area contributed by atoms with Crippen LogP contribution in [0.2, 0.25) is 0 Å². The molecule has 0 unspecified atom stereocenters. The van der Waals surface area contributed by atoms with Gasteiger partial charge in [0.1, 0.15) is 6.54 Å². The zero-order chi connectivity index (χ0) is 21.5. The molecule has 0 aliphatic carbocycles. The molecule has 3 rings (SSSR count). The van der Waals surface area contributed by atoms with Crippen LogP contribution >= 0.6 is 0 Å². The lowest BCUT2D eigenvalue weighted by Crippen LogP contribution is -2.51. The minimum absolute atomic E-state index is 0.130. The second kappa shape index (κ2) is 9.88. The first kappa shape index (κ1) is 21.3. The average molecular weight is 412 g/mol. The van der Waals surface area contributed by atoms with E-state index in [0.29, 0.717) is 12.2 Å². The summed E-state index contributed by atoms with van der Waals surface area (Å²) in [7, 11) is 0. The van der Waals surface area contributed by atoms with Crippen LogP contribution in [-0.2, 0) is 17.8 Å². The van der Waals surface area contributed by atoms with Crippen molar-refractivity contribution in [3.63, 3.8) is 0 Å². The van der Waals surface area contributed by atoms with Gasteiger partial charge in [-0.15, -0.1) is 5.10 Å². The summed E-state index contributed by atoms with van der Waals surface area (Å²) < 4.78 is 1.68. The van der Waals surface area contributed by atoms with E-state index in [9.17, 15) is 9.90 Å². The number of carbonyl (C=O) groups is 1. The smallest absolute Gasteiger partial charge is 0.323 e. The van der Waals surface area contributed by atoms with Gasteiger partial charge in [-0.2, -0.15) is 0 Å². The molecule has 1 aliphatic heterocycles. The van der Waals surface area contributed by atoms with Crippen LogP contribution in [0.5, 0.6) is 0 Å². The summed E-state index contributed by atoms with van der Waals surface area (Å²) in [6.45, 7) is 8.37. The van der Waals surface area contributed by atoms with Crippen LogP contribution in [0.25, 0.3) is 0 Å². The molecule has 0 spiro atoms. The highest BCUT2D eigenvalue weighted by atomic mass is 16.4. The Labute approximate surface area is 175 Å². The molecule has 2 heterocycles. The van der Waals surface area contributed by atoms with Crippen molar-refractivity contribution in [1.82, 2.24) is 24.8 Å². The molecule has 4 N–H and O–H groups in total. The van der Waals surface area contributed by atoms with E-state index in [-0.39, 0.29) is 12.5 Å². The molecule has 10 nitrogen and oxygen atoms in total. The Bertz CT molecular complexity index is 874. The molecular formula is C20H28N8O2. The van der Waals surface area contributed by atoms with E-state index >= 15 is 0 Å². The Kier molecular flexibility index (Phi) is 7.02. The van der Waals surface area contributed by atoms with Crippen molar-refractivity contribution >= 4 is 17.6 Å². The van der Waals surface area contributed by atoms with E-state index < -0.39 is 5.97 Å². The Hall–Kier alpha value is -3.40. The van der Waals surface area contributed by atoms with Gasteiger partial charge in [0.15, 0.2) is 5.96 Å². The Morgan fingerprint density at radius 2 is 1.93 bits per heavy atom. The molecule has 1 fully saturated rings. The van der Waals surface area contributed by atoms with Crippen LogP contribution in [0, 0.1) is 5.41 Å². The number of allylic oxidation sites excluding steroid dienone is 1. The van der Waals surface area contributed by atoms with Gasteiger partial charge in [0.2, 0.25) is 0 Å². The fourth-order valence-corrected chi connectivity index (χ4v) is 3.42. The molecule has 0 saturated carbocycles. The lowest BCUT2D eigenvalue weighted by atomic mass is 10.2. The number of carboxylic acids is 1. The second-order valence-corrected chi connectivity index (χ2v) is 7.25. The minimum Gasteiger partial charge on any atom is -0.480 e. The van der Waals surface area contributed by atoms with Crippen molar-refractivity contribution in [2.24, 2.45) is 5.73 Å². The van der Waals surface area contributed by atoms with E-state index in [1.165, 1.54) is 0 Å². The van der Waals surface area contributed by atoms with Crippen molar-refractivity contribution in [2.45, 2.75) is 13.0 Å². The lowest BCUT2D eigenvalue weighted by Gasteiger charge is -2.34. The number of aliphatic carboxylic acids is 1. The van der Waals surface area contributed by atoms with E-state index in [1.807, 2.05) is 41.4 Å². The van der Waals surface area contributed by atoms with Crippen molar-refractivity contribution in [1.29, 1.82) is 5.41 Å². The van der Waals surface area contributed by atoms with Crippen LogP contribution < -0.4 is 10.6 Å². The number of nitrogens with zero attached hydrogens (tertiary/aromatic N) is 6. The molecule has 10 heteroatoms. The highest BCUT2D eigenvalue weighted by molar-refractivity contribution is 5.75. The van der Waals surface area contributed by atoms with E-state index in [2.05, 4.69) is 21.8 Å². The number of carboxylic acid groups (broad SMARTS) is 1. The summed E-state index contributed by atoms with van der Waals surface area (Å²) in [5.74, 6) is -0.797. The minimum atomic E-state index is -0.927. The molecule has 1 aliphatic rings. The zero-order valence-corrected chi connectivity index (χ0v) is 16.9. The molecule has 1 aromatic carbocycles. The molecule has 0 amide bonds. The predicted octanol–water partition coefficient (Wildman–Crippen LogP) is 0.437. The summed E-state index contributed by atoms with van der Waals surface area (Å²) in [5.41, 5.74) is 7.81. The lowest BCUT2D eigenvalue weighted by molar-refractivity contribution is -0.135. The molecule has 0 bridgehead atoms. The molecule has 1 aromatic heterocycles. The quantitative estimate of drug-likeness (QED) is 0.400. The third-order valence-electron chi connectivity index (χ3n) is 5.07. The van der Waals surface area contributed by atoms with Gasteiger partial charge in [0.05, 0.1) is 12.2 Å². The topological polar surface area (TPSA) is 128 Å². The molecule has 160 valence electrons. The van der Waals surface area contributed by atoms with Gasteiger partial charge in [-0.3, -0.25) is 15.1 Å². The van der Waals surface area contributed by atoms with Crippen molar-refractivity contribution in [3.8, 4) is 0 Å². The largest absolute Gasteiger partial charge is 0.480 e. The van der Waals surface area contributed by atoms with Crippen LogP contribution in [0.4, 0.5) is 5.69 Å². The number of nitrogens with one attached hydrogen (secondary N) is 1. The number of guanidine groups is 1. The fourth-order valence-electron chi connectivity index (χ4n) is 3.42. The maximum absolute atomic E-state index is 11.3. The SMILES string of the molecule is C=C(Cn1cc(CCN2CCN(C(=N)N)CC2)nn1)N(CC(=O)O)c1ccccc1. The van der Waals surface area contributed by atoms with Gasteiger partial charge in [-0.25, -0.2) is 4.68 Å². The Morgan fingerprint density at radius 1 is 1.23 bits per heavy atom. The van der Waals surface area contributed by atoms with E-state index in [4.69, 9.17) is 11.1 Å². The van der Waals surface area contributed by atoms with Crippen molar-refractivity contribution in [3.05, 3.63) is 54.5 Å². The third kappa shape index (κ3) is 5.80. The monoisotopic (exact) mass is 412 g/mol. The molecule has 0 atom stereocenters. The highest BCUT2D eigenvalue weighted by Crippen LogP contribution is 2.18. The molecule has 0 radical (unpaired) electrons. The van der Waals surface area contributed by atoms with Gasteiger partial charge in [0.25, 0.3) is 0 Å². The van der Waals surface area contributed by atoms with Crippen LogP contribution in [0.1, 0.15) is 5.69 Å². The summed E-state index contributed by atoms with van der Waals surface area (Å²) in [5, 5.41) is 25.2. The van der Waals surface area contributed by atoms with Gasteiger partial charge in [-0.1, -0.05) is 30.0 Å². The highest BCUT2D eigenvalue weighted by Gasteiger charge is 2.18. The second-order valence-electron chi connectivity index (χ2n) is 7.25. The normalized spacial score (nSPS) is 14.5. The van der Waals surface area contributed by atoms with E-state index in [1.54, 1.807) is 9.58 Å². The fraction of sp³-hybridized carbons (Fsp3) is 0.400. The maximum atomic E-state index is 11.3. The third-order valence-corrected chi connectivity index (χ3v) is 5.07. The van der Waals surface area contributed by atoms with Crippen LogP contribution in [0.3, 0.4) is 0 Å². The van der Waals surface area contributed by atoms with Gasteiger partial charge < -0.3 is 20.6 Å². The molecular weight excluding hydrogens is 384 g/mol. The maximum Gasteiger partial charge on any atom is 0.323 e. The van der Waals surface area contributed by atoms with Crippen LogP contribution in [-0.4, -0.2) is 81.1 Å². The number of benzene rings is 1. The van der Waals surface area contributed by atoms with Crippen molar-refractivity contribution in [2.75, 3.05) is 44.2 Å². The summed E-state index contributed by atoms with van der Waals surface area (Å²) in [6.07, 6.45) is 2.64. The first-order valence-electron chi connectivity index (χ1n) is 9.85. The number of hydrogen-bond donors (Lipinski definition) is 3. The molecule has 30 heavy (non-hydrogen) atoms. The Morgan fingerprint density at radius 3 is 2.57 bits per heavy atom. The molecule has 2 aromatic rings. The number of para-hydroxylation sites is 1.